The Balaban J connectivity index is 2.42. The van der Waals surface area contributed by atoms with Crippen LogP contribution in [-0.2, 0) is 6.42 Å². The maximum Gasteiger partial charge on any atom is 0.153 e. The lowest BCUT2D eigenvalue weighted by molar-refractivity contribution is 0.589. The van der Waals surface area contributed by atoms with Crippen LogP contribution in [0.5, 0.6) is 0 Å². The zero-order chi connectivity index (χ0) is 11.5. The highest BCUT2D eigenvalue weighted by atomic mass is 35.5. The number of aryl methyl sites for hydroxylation is 1. The number of alkyl halides is 1. The Bertz CT molecular complexity index is 481. The molecule has 2 rings (SSSR count). The van der Waals surface area contributed by atoms with Crippen molar-refractivity contribution in [3.8, 4) is 10.6 Å². The Kier molecular flexibility index (Phi) is 3.46. The van der Waals surface area contributed by atoms with Gasteiger partial charge < -0.3 is 0 Å². The minimum atomic E-state index is -0.631. The molecule has 0 aliphatic rings. The van der Waals surface area contributed by atoms with Gasteiger partial charge in [0, 0.05) is 12.3 Å². The third-order valence-corrected chi connectivity index (χ3v) is 3.14. The van der Waals surface area contributed by atoms with Crippen LogP contribution in [0, 0.1) is 11.6 Å². The van der Waals surface area contributed by atoms with Gasteiger partial charge in [-0.25, -0.2) is 8.78 Å². The molecule has 16 heavy (non-hydrogen) atoms. The quantitative estimate of drug-likeness (QED) is 0.792. The first kappa shape index (κ1) is 11.4. The number of nitrogens with zero attached hydrogens (tertiary/aromatic N) is 2. The van der Waals surface area contributed by atoms with Crippen molar-refractivity contribution in [3.63, 3.8) is 0 Å². The lowest BCUT2D eigenvalue weighted by atomic mass is 10.2. The third kappa shape index (κ3) is 2.20. The molecule has 1 aromatic heterocycles. The van der Waals surface area contributed by atoms with Gasteiger partial charge in [0.25, 0.3) is 0 Å². The lowest BCUT2D eigenvalue weighted by Gasteiger charge is -1.98. The smallest absolute Gasteiger partial charge is 0.153 e. The molecule has 0 saturated carbocycles. The molecule has 2 aromatic rings. The van der Waals surface area contributed by atoms with Crippen molar-refractivity contribution in [1.82, 2.24) is 10.2 Å². The van der Waals surface area contributed by atoms with Crippen LogP contribution in [0.4, 0.5) is 8.78 Å². The predicted molar refractivity (Wildman–Crippen MR) is 59.7 cm³/mol. The average molecular weight is 261 g/mol. The van der Waals surface area contributed by atoms with Crippen molar-refractivity contribution in [2.45, 2.75) is 6.42 Å². The molecule has 0 spiro atoms. The van der Waals surface area contributed by atoms with Crippen LogP contribution in [-0.4, -0.2) is 16.1 Å². The molecule has 0 bridgehead atoms. The number of rotatable bonds is 3. The van der Waals surface area contributed by atoms with E-state index in [1.807, 2.05) is 0 Å². The molecule has 84 valence electrons. The Labute approximate surface area is 99.9 Å². The molecule has 0 fully saturated rings. The van der Waals surface area contributed by atoms with Gasteiger partial charge in [0.05, 0.1) is 5.56 Å². The summed E-state index contributed by atoms with van der Waals surface area (Å²) in [6.07, 6.45) is 0.551. The summed E-state index contributed by atoms with van der Waals surface area (Å²) in [5.74, 6) is -0.851. The third-order valence-electron chi connectivity index (χ3n) is 1.95. The minimum absolute atomic E-state index is 0.124. The van der Waals surface area contributed by atoms with Gasteiger partial charge in [-0.1, -0.05) is 17.4 Å². The largest absolute Gasteiger partial charge is 0.206 e. The van der Waals surface area contributed by atoms with E-state index < -0.39 is 11.6 Å². The SMILES string of the molecule is Fc1cccc(F)c1-c1nnc(CCCl)s1. The van der Waals surface area contributed by atoms with E-state index in [-0.39, 0.29) is 10.6 Å². The zero-order valence-electron chi connectivity index (χ0n) is 8.08. The van der Waals surface area contributed by atoms with Gasteiger partial charge in [-0.05, 0) is 12.1 Å². The van der Waals surface area contributed by atoms with Crippen LogP contribution in [0.1, 0.15) is 5.01 Å². The second-order valence-electron chi connectivity index (χ2n) is 3.04. The van der Waals surface area contributed by atoms with Gasteiger partial charge >= 0.3 is 0 Å². The molecule has 1 heterocycles. The zero-order valence-corrected chi connectivity index (χ0v) is 9.66. The Hall–Kier alpha value is -1.07. The van der Waals surface area contributed by atoms with E-state index in [0.29, 0.717) is 17.3 Å². The molecule has 0 aliphatic heterocycles. The molecule has 0 saturated heterocycles. The molecule has 0 unspecified atom stereocenters. The molecule has 0 N–H and O–H groups in total. The number of hydrogen-bond donors (Lipinski definition) is 0. The highest BCUT2D eigenvalue weighted by Crippen LogP contribution is 2.28. The summed E-state index contributed by atoms with van der Waals surface area (Å²) in [6.45, 7) is 0. The average Bonchev–Trinajstić information content (AvgIpc) is 2.67. The van der Waals surface area contributed by atoms with Crippen molar-refractivity contribution in [1.29, 1.82) is 0 Å². The molecule has 1 aromatic carbocycles. The Morgan fingerprint density at radius 2 is 1.88 bits per heavy atom. The fourth-order valence-corrected chi connectivity index (χ4v) is 2.42. The number of benzene rings is 1. The predicted octanol–water partition coefficient (Wildman–Crippen LogP) is 3.26. The van der Waals surface area contributed by atoms with E-state index in [1.165, 1.54) is 18.2 Å². The van der Waals surface area contributed by atoms with Crippen LogP contribution in [0.2, 0.25) is 0 Å². The monoisotopic (exact) mass is 260 g/mol. The van der Waals surface area contributed by atoms with Crippen LogP contribution in [0.3, 0.4) is 0 Å². The fourth-order valence-electron chi connectivity index (χ4n) is 1.24. The van der Waals surface area contributed by atoms with E-state index >= 15 is 0 Å². The summed E-state index contributed by atoms with van der Waals surface area (Å²) in [7, 11) is 0. The van der Waals surface area contributed by atoms with Crippen LogP contribution >= 0.6 is 22.9 Å². The van der Waals surface area contributed by atoms with Gasteiger partial charge in [-0.15, -0.1) is 21.8 Å². The summed E-state index contributed by atoms with van der Waals surface area (Å²) >= 11 is 6.70. The number of hydrogen-bond acceptors (Lipinski definition) is 3. The summed E-state index contributed by atoms with van der Waals surface area (Å²) in [5.41, 5.74) is -0.124. The molecule has 0 radical (unpaired) electrons. The molecular formula is C10H7ClF2N2S. The molecule has 0 atom stereocenters. The molecule has 0 amide bonds. The Morgan fingerprint density at radius 1 is 1.19 bits per heavy atom. The van der Waals surface area contributed by atoms with Crippen molar-refractivity contribution in [2.75, 3.05) is 5.88 Å². The maximum absolute atomic E-state index is 13.4. The lowest BCUT2D eigenvalue weighted by Crippen LogP contribution is -1.88. The van der Waals surface area contributed by atoms with E-state index in [4.69, 9.17) is 11.6 Å². The summed E-state index contributed by atoms with van der Waals surface area (Å²) in [4.78, 5) is 0. The molecule has 6 heteroatoms. The highest BCUT2D eigenvalue weighted by molar-refractivity contribution is 7.14. The molecule has 2 nitrogen and oxygen atoms in total. The van der Waals surface area contributed by atoms with Crippen molar-refractivity contribution < 1.29 is 8.78 Å². The van der Waals surface area contributed by atoms with Crippen LogP contribution in [0.25, 0.3) is 10.6 Å². The van der Waals surface area contributed by atoms with Gasteiger partial charge in [0.2, 0.25) is 0 Å². The van der Waals surface area contributed by atoms with E-state index in [2.05, 4.69) is 10.2 Å². The Morgan fingerprint density at radius 3 is 2.50 bits per heavy atom. The summed E-state index contributed by atoms with van der Waals surface area (Å²) < 4.78 is 26.8. The van der Waals surface area contributed by atoms with Gasteiger partial charge in [-0.2, -0.15) is 0 Å². The summed E-state index contributed by atoms with van der Waals surface area (Å²) in [6, 6.07) is 3.71. The van der Waals surface area contributed by atoms with Crippen molar-refractivity contribution >= 4 is 22.9 Å². The van der Waals surface area contributed by atoms with Gasteiger partial charge in [-0.3, -0.25) is 0 Å². The van der Waals surface area contributed by atoms with Crippen molar-refractivity contribution in [3.05, 3.63) is 34.8 Å². The van der Waals surface area contributed by atoms with E-state index in [1.54, 1.807) is 0 Å². The minimum Gasteiger partial charge on any atom is -0.206 e. The summed E-state index contributed by atoms with van der Waals surface area (Å²) in [5, 5.41) is 8.49. The molecular weight excluding hydrogens is 254 g/mol. The van der Waals surface area contributed by atoms with Crippen LogP contribution < -0.4 is 0 Å². The van der Waals surface area contributed by atoms with Crippen molar-refractivity contribution in [2.24, 2.45) is 0 Å². The van der Waals surface area contributed by atoms with E-state index in [9.17, 15) is 8.78 Å². The fraction of sp³-hybridized carbons (Fsp3) is 0.200. The van der Waals surface area contributed by atoms with E-state index in [0.717, 1.165) is 11.3 Å². The second-order valence-corrected chi connectivity index (χ2v) is 4.48. The topological polar surface area (TPSA) is 25.8 Å². The van der Waals surface area contributed by atoms with Gasteiger partial charge in [0.15, 0.2) is 5.01 Å². The first-order valence-corrected chi connectivity index (χ1v) is 5.90. The maximum atomic E-state index is 13.4. The second kappa shape index (κ2) is 4.84. The van der Waals surface area contributed by atoms with Gasteiger partial charge in [0.1, 0.15) is 16.6 Å². The highest BCUT2D eigenvalue weighted by Gasteiger charge is 2.15. The first-order valence-electron chi connectivity index (χ1n) is 4.55. The normalized spacial score (nSPS) is 10.7. The number of aromatic nitrogens is 2. The van der Waals surface area contributed by atoms with Crippen LogP contribution in [0.15, 0.2) is 18.2 Å². The number of halogens is 3. The molecule has 0 aliphatic carbocycles. The standard InChI is InChI=1S/C10H7ClF2N2S/c11-5-4-8-14-15-10(16-8)9-6(12)2-1-3-7(9)13/h1-3H,4-5H2. The first-order chi connectivity index (χ1) is 7.72.